The number of allylic oxidation sites excluding steroid dienone is 4. The van der Waals surface area contributed by atoms with Gasteiger partial charge in [-0.15, -0.1) is 0 Å². The monoisotopic (exact) mass is 272 g/mol. The van der Waals surface area contributed by atoms with Crippen LogP contribution in [0.15, 0.2) is 23.3 Å². The molecular formula is C20H32. The van der Waals surface area contributed by atoms with Crippen molar-refractivity contribution in [2.45, 2.75) is 89.9 Å². The van der Waals surface area contributed by atoms with Gasteiger partial charge >= 0.3 is 0 Å². The van der Waals surface area contributed by atoms with Gasteiger partial charge in [0, 0.05) is 0 Å². The Bertz CT molecular complexity index is 324. The zero-order chi connectivity index (χ0) is 13.6. The maximum atomic E-state index is 2.64. The van der Waals surface area contributed by atoms with Crippen molar-refractivity contribution in [2.75, 3.05) is 0 Å². The van der Waals surface area contributed by atoms with E-state index in [4.69, 9.17) is 0 Å². The van der Waals surface area contributed by atoms with Gasteiger partial charge in [-0.25, -0.2) is 0 Å². The average Bonchev–Trinajstić information content (AvgIpc) is 2.33. The highest BCUT2D eigenvalue weighted by Crippen LogP contribution is 2.47. The van der Waals surface area contributed by atoms with E-state index in [2.05, 4.69) is 12.2 Å². The minimum atomic E-state index is 0.943. The highest BCUT2D eigenvalue weighted by Gasteiger charge is 2.35. The van der Waals surface area contributed by atoms with Crippen LogP contribution in [0.2, 0.25) is 0 Å². The number of hydrogen-bond donors (Lipinski definition) is 0. The van der Waals surface area contributed by atoms with E-state index < -0.39 is 0 Å². The fraction of sp³-hybridized carbons (Fsp3) is 0.800. The highest BCUT2D eigenvalue weighted by atomic mass is 14.4. The van der Waals surface area contributed by atoms with Crippen molar-refractivity contribution in [1.82, 2.24) is 0 Å². The minimum absolute atomic E-state index is 0.943. The lowest BCUT2D eigenvalue weighted by molar-refractivity contribution is 0.239. The first-order valence-corrected chi connectivity index (χ1v) is 9.33. The van der Waals surface area contributed by atoms with Gasteiger partial charge in [-0.1, -0.05) is 49.0 Å². The molecule has 20 heavy (non-hydrogen) atoms. The molecule has 0 aromatic heterocycles. The molecule has 0 bridgehead atoms. The van der Waals surface area contributed by atoms with E-state index in [-0.39, 0.29) is 0 Å². The molecule has 0 spiro atoms. The molecule has 3 aliphatic carbocycles. The maximum absolute atomic E-state index is 2.64. The maximum Gasteiger partial charge on any atom is -0.0137 e. The lowest BCUT2D eigenvalue weighted by Gasteiger charge is -2.41. The summed E-state index contributed by atoms with van der Waals surface area (Å²) in [7, 11) is 0. The molecule has 1 fully saturated rings. The van der Waals surface area contributed by atoms with Gasteiger partial charge in [-0.05, 0) is 76.0 Å². The Balaban J connectivity index is 1.65. The van der Waals surface area contributed by atoms with Crippen LogP contribution in [0, 0.1) is 11.8 Å². The van der Waals surface area contributed by atoms with Crippen LogP contribution in [0.4, 0.5) is 0 Å². The lowest BCUT2D eigenvalue weighted by Crippen LogP contribution is -2.29. The molecule has 0 heterocycles. The number of rotatable bonds is 2. The fourth-order valence-corrected chi connectivity index (χ4v) is 4.49. The molecule has 0 aliphatic heterocycles. The van der Waals surface area contributed by atoms with Crippen molar-refractivity contribution in [3.05, 3.63) is 23.3 Å². The first kappa shape index (κ1) is 14.4. The van der Waals surface area contributed by atoms with Crippen LogP contribution >= 0.6 is 0 Å². The van der Waals surface area contributed by atoms with Crippen molar-refractivity contribution in [3.63, 3.8) is 0 Å². The summed E-state index contributed by atoms with van der Waals surface area (Å²) in [6.45, 7) is 0. The van der Waals surface area contributed by atoms with Crippen LogP contribution in [-0.2, 0) is 0 Å². The Morgan fingerprint density at radius 2 is 1.00 bits per heavy atom. The molecule has 0 radical (unpaired) electrons. The van der Waals surface area contributed by atoms with Crippen LogP contribution < -0.4 is 0 Å². The Kier molecular flexibility index (Phi) is 5.39. The molecule has 3 aliphatic rings. The second-order valence-electron chi connectivity index (χ2n) is 7.25. The normalized spacial score (nSPS) is 38.0. The van der Waals surface area contributed by atoms with Gasteiger partial charge in [0.05, 0.1) is 0 Å². The van der Waals surface area contributed by atoms with Gasteiger partial charge in [0.15, 0.2) is 0 Å². The van der Waals surface area contributed by atoms with Gasteiger partial charge in [0.1, 0.15) is 0 Å². The van der Waals surface area contributed by atoms with Crippen LogP contribution in [0.3, 0.4) is 0 Å². The van der Waals surface area contributed by atoms with Crippen molar-refractivity contribution in [3.8, 4) is 0 Å². The zero-order valence-corrected chi connectivity index (χ0v) is 13.2. The second kappa shape index (κ2) is 7.48. The highest BCUT2D eigenvalue weighted by molar-refractivity contribution is 5.22. The van der Waals surface area contributed by atoms with Crippen LogP contribution in [0.25, 0.3) is 0 Å². The van der Waals surface area contributed by atoms with Crippen molar-refractivity contribution >= 4 is 0 Å². The molecular weight excluding hydrogens is 240 g/mol. The number of hydrogen-bond acceptors (Lipinski definition) is 0. The SMILES string of the molecule is C1=C(/C2CCC2/C2=C/CCCCCC2)CCCCCC/1. The summed E-state index contributed by atoms with van der Waals surface area (Å²) >= 11 is 0. The van der Waals surface area contributed by atoms with Gasteiger partial charge < -0.3 is 0 Å². The predicted molar refractivity (Wildman–Crippen MR) is 87.8 cm³/mol. The van der Waals surface area contributed by atoms with Crippen LogP contribution in [-0.4, -0.2) is 0 Å². The Hall–Kier alpha value is -0.520. The molecule has 0 N–H and O–H groups in total. The Labute approximate surface area is 125 Å². The third kappa shape index (κ3) is 3.57. The standard InChI is InChI=1S/C20H32/c1-3-7-11-17(12-8-4-1)19-15-16-20(19)18-13-9-5-2-6-10-14-18/h11,13,19-20H,1-10,12,14-16H2/b17-11+,18-13+. The third-order valence-electron chi connectivity index (χ3n) is 5.88. The summed E-state index contributed by atoms with van der Waals surface area (Å²) < 4.78 is 0. The molecule has 1 saturated carbocycles. The summed E-state index contributed by atoms with van der Waals surface area (Å²) in [5.74, 6) is 1.89. The Morgan fingerprint density at radius 3 is 1.45 bits per heavy atom. The van der Waals surface area contributed by atoms with E-state index >= 15 is 0 Å². The van der Waals surface area contributed by atoms with Gasteiger partial charge in [-0.2, -0.15) is 0 Å². The lowest BCUT2D eigenvalue weighted by atomic mass is 9.64. The molecule has 0 nitrogen and oxygen atoms in total. The van der Waals surface area contributed by atoms with E-state index in [1.165, 1.54) is 89.9 Å². The molecule has 2 atom stereocenters. The average molecular weight is 272 g/mol. The second-order valence-corrected chi connectivity index (χ2v) is 7.25. The van der Waals surface area contributed by atoms with E-state index in [1.807, 2.05) is 11.1 Å². The van der Waals surface area contributed by atoms with E-state index in [1.54, 1.807) is 0 Å². The Morgan fingerprint density at radius 1 is 0.550 bits per heavy atom. The molecule has 0 heteroatoms. The molecule has 3 rings (SSSR count). The van der Waals surface area contributed by atoms with Gasteiger partial charge in [0.25, 0.3) is 0 Å². The third-order valence-corrected chi connectivity index (χ3v) is 5.88. The molecule has 2 unspecified atom stereocenters. The summed E-state index contributed by atoms with van der Waals surface area (Å²) in [6.07, 6.45) is 25.4. The van der Waals surface area contributed by atoms with Crippen molar-refractivity contribution in [2.24, 2.45) is 11.8 Å². The summed E-state index contributed by atoms with van der Waals surface area (Å²) in [5, 5.41) is 0. The molecule has 0 aromatic carbocycles. The molecule has 0 aromatic rings. The largest absolute Gasteiger partial charge is 0.0850 e. The molecule has 0 amide bonds. The van der Waals surface area contributed by atoms with E-state index in [0.29, 0.717) is 0 Å². The molecule has 0 saturated heterocycles. The smallest absolute Gasteiger partial charge is 0.0137 e. The van der Waals surface area contributed by atoms with Crippen LogP contribution in [0.5, 0.6) is 0 Å². The molecule has 112 valence electrons. The van der Waals surface area contributed by atoms with Crippen molar-refractivity contribution < 1.29 is 0 Å². The van der Waals surface area contributed by atoms with Crippen molar-refractivity contribution in [1.29, 1.82) is 0 Å². The first-order chi connectivity index (χ1) is 9.95. The van der Waals surface area contributed by atoms with Gasteiger partial charge in [-0.3, -0.25) is 0 Å². The fourth-order valence-electron chi connectivity index (χ4n) is 4.49. The predicted octanol–water partition coefficient (Wildman–Crippen LogP) is 6.57. The van der Waals surface area contributed by atoms with Crippen LogP contribution in [0.1, 0.15) is 89.9 Å². The summed E-state index contributed by atoms with van der Waals surface area (Å²) in [6, 6.07) is 0. The first-order valence-electron chi connectivity index (χ1n) is 9.33. The minimum Gasteiger partial charge on any atom is -0.0850 e. The van der Waals surface area contributed by atoms with E-state index in [0.717, 1.165) is 11.8 Å². The summed E-state index contributed by atoms with van der Waals surface area (Å²) in [5.41, 5.74) is 3.70. The van der Waals surface area contributed by atoms with Gasteiger partial charge in [0.2, 0.25) is 0 Å². The van der Waals surface area contributed by atoms with E-state index in [9.17, 15) is 0 Å². The zero-order valence-electron chi connectivity index (χ0n) is 13.2. The quantitative estimate of drug-likeness (QED) is 0.498. The topological polar surface area (TPSA) is 0 Å². The summed E-state index contributed by atoms with van der Waals surface area (Å²) in [4.78, 5) is 0.